The average Bonchev–Trinajstić information content (AvgIpc) is 2.68. The number of carbonyl (C=O) groups excluding carboxylic acids is 3. The van der Waals surface area contributed by atoms with Crippen molar-refractivity contribution in [2.24, 2.45) is 10.9 Å². The molecule has 1 atom stereocenters. The van der Waals surface area contributed by atoms with Crippen LogP contribution in [-0.2, 0) is 15.8 Å². The smallest absolute Gasteiger partial charge is 0.326 e. The lowest BCUT2D eigenvalue weighted by molar-refractivity contribution is -0.137. The van der Waals surface area contributed by atoms with Gasteiger partial charge in [0.2, 0.25) is 11.8 Å². The molecule has 6 nitrogen and oxygen atoms in total. The summed E-state index contributed by atoms with van der Waals surface area (Å²) in [6.07, 6.45) is 2.50. The Hall–Kier alpha value is -2.94. The number of hydrogen-bond donors (Lipinski definition) is 1. The Morgan fingerprint density at radius 1 is 1.20 bits per heavy atom. The quantitative estimate of drug-likeness (QED) is 0.657. The van der Waals surface area contributed by atoms with Crippen molar-refractivity contribution in [3.05, 3.63) is 53.1 Å². The predicted octanol–water partition coefficient (Wildman–Crippen LogP) is 4.61. The van der Waals surface area contributed by atoms with Crippen molar-refractivity contribution in [1.29, 1.82) is 0 Å². The Morgan fingerprint density at radius 3 is 2.70 bits per heavy atom. The number of carbonyl (C=O) groups is 3. The van der Waals surface area contributed by atoms with Gasteiger partial charge < -0.3 is 5.32 Å². The number of amides is 4. The summed E-state index contributed by atoms with van der Waals surface area (Å²) in [6, 6.07) is 2.43. The first kappa shape index (κ1) is 21.8. The number of allylic oxidation sites excluding steroid dienone is 3. The minimum absolute atomic E-state index is 0.0727. The lowest BCUT2D eigenvalue weighted by Crippen LogP contribution is -2.46. The van der Waals surface area contributed by atoms with E-state index in [1.165, 1.54) is 6.07 Å². The molecule has 0 fully saturated rings. The number of imide groups is 1. The zero-order chi connectivity index (χ0) is 21.9. The minimum Gasteiger partial charge on any atom is -0.326 e. The second-order valence-electron chi connectivity index (χ2n) is 6.72. The number of fused-ring (bicyclic) bond motifs is 1. The van der Waals surface area contributed by atoms with E-state index in [0.29, 0.717) is 12.1 Å². The highest BCUT2D eigenvalue weighted by atomic mass is 35.5. The van der Waals surface area contributed by atoms with Crippen molar-refractivity contribution < 1.29 is 27.6 Å². The topological polar surface area (TPSA) is 78.8 Å². The van der Waals surface area contributed by atoms with Crippen LogP contribution >= 0.6 is 11.6 Å². The third-order valence-corrected chi connectivity index (χ3v) is 4.82. The van der Waals surface area contributed by atoms with Crippen LogP contribution in [0.5, 0.6) is 0 Å². The number of nitrogens with one attached hydrogen (secondary N) is 1. The van der Waals surface area contributed by atoms with Gasteiger partial charge in [-0.05, 0) is 37.1 Å². The van der Waals surface area contributed by atoms with Gasteiger partial charge in [-0.25, -0.2) is 4.79 Å². The number of alkyl halides is 3. The molecule has 1 aromatic rings. The summed E-state index contributed by atoms with van der Waals surface area (Å²) in [4.78, 5) is 41.5. The number of halogens is 4. The molecule has 0 aromatic heterocycles. The first-order valence-corrected chi connectivity index (χ1v) is 9.50. The SMILES string of the molecule is O=C(CCCCN1C(=O)N=C2C=CC=CC2C1=O)Nc1ccc(Cl)cc1C(F)(F)F. The van der Waals surface area contributed by atoms with E-state index in [9.17, 15) is 27.6 Å². The van der Waals surface area contributed by atoms with Crippen molar-refractivity contribution >= 4 is 40.8 Å². The molecule has 3 rings (SSSR count). The van der Waals surface area contributed by atoms with Gasteiger partial charge in [-0.1, -0.05) is 29.8 Å². The molecule has 1 N–H and O–H groups in total. The minimum atomic E-state index is -4.66. The molecular weight excluding hydrogens is 423 g/mol. The van der Waals surface area contributed by atoms with E-state index in [2.05, 4.69) is 10.3 Å². The maximum absolute atomic E-state index is 13.1. The van der Waals surface area contributed by atoms with Gasteiger partial charge in [0.05, 0.1) is 22.9 Å². The van der Waals surface area contributed by atoms with Crippen LogP contribution in [0.1, 0.15) is 24.8 Å². The van der Waals surface area contributed by atoms with Crippen molar-refractivity contribution in [2.45, 2.75) is 25.4 Å². The zero-order valence-electron chi connectivity index (χ0n) is 15.6. The number of hydrogen-bond acceptors (Lipinski definition) is 3. The van der Waals surface area contributed by atoms with Gasteiger partial charge >= 0.3 is 12.2 Å². The van der Waals surface area contributed by atoms with Crippen molar-refractivity contribution in [3.8, 4) is 0 Å². The van der Waals surface area contributed by atoms with Gasteiger partial charge in [0.15, 0.2) is 0 Å². The van der Waals surface area contributed by atoms with E-state index >= 15 is 0 Å². The summed E-state index contributed by atoms with van der Waals surface area (Å²) >= 11 is 5.61. The number of anilines is 1. The van der Waals surface area contributed by atoms with Crippen molar-refractivity contribution in [2.75, 3.05) is 11.9 Å². The molecule has 158 valence electrons. The Balaban J connectivity index is 1.52. The molecule has 0 saturated carbocycles. The fraction of sp³-hybridized carbons (Fsp3) is 0.300. The summed E-state index contributed by atoms with van der Waals surface area (Å²) in [5, 5.41) is 2.14. The van der Waals surface area contributed by atoms with E-state index < -0.39 is 29.6 Å². The summed E-state index contributed by atoms with van der Waals surface area (Å²) < 4.78 is 39.3. The second-order valence-corrected chi connectivity index (χ2v) is 7.16. The maximum Gasteiger partial charge on any atom is 0.418 e. The van der Waals surface area contributed by atoms with Gasteiger partial charge in [0, 0.05) is 18.0 Å². The summed E-state index contributed by atoms with van der Waals surface area (Å²) in [5.41, 5.74) is -1.01. The van der Waals surface area contributed by atoms with Crippen LogP contribution in [0.4, 0.5) is 23.7 Å². The molecule has 0 radical (unpaired) electrons. The third-order valence-electron chi connectivity index (χ3n) is 4.58. The van der Waals surface area contributed by atoms with Crippen LogP contribution in [0.15, 0.2) is 47.5 Å². The first-order chi connectivity index (χ1) is 14.2. The van der Waals surface area contributed by atoms with Crippen LogP contribution in [0.2, 0.25) is 5.02 Å². The second kappa shape index (κ2) is 8.83. The van der Waals surface area contributed by atoms with Crippen LogP contribution in [0.3, 0.4) is 0 Å². The molecule has 2 aliphatic rings. The third kappa shape index (κ3) is 4.96. The summed E-state index contributed by atoms with van der Waals surface area (Å²) in [7, 11) is 0. The fourth-order valence-corrected chi connectivity index (χ4v) is 3.29. The van der Waals surface area contributed by atoms with E-state index in [4.69, 9.17) is 11.6 Å². The molecule has 1 unspecified atom stereocenters. The molecule has 1 heterocycles. The van der Waals surface area contributed by atoms with Gasteiger partial charge in [-0.15, -0.1) is 0 Å². The first-order valence-electron chi connectivity index (χ1n) is 9.12. The molecule has 1 aliphatic carbocycles. The lowest BCUT2D eigenvalue weighted by atomic mass is 9.95. The van der Waals surface area contributed by atoms with E-state index in [1.807, 2.05) is 0 Å². The average molecular weight is 440 g/mol. The van der Waals surface area contributed by atoms with Crippen LogP contribution in [-0.4, -0.2) is 35.0 Å². The van der Waals surface area contributed by atoms with Crippen LogP contribution < -0.4 is 5.32 Å². The Labute approximate surface area is 175 Å². The molecule has 0 bridgehead atoms. The van der Waals surface area contributed by atoms with Crippen LogP contribution in [0, 0.1) is 5.92 Å². The molecule has 30 heavy (non-hydrogen) atoms. The lowest BCUT2D eigenvalue weighted by Gasteiger charge is -2.28. The predicted molar refractivity (Wildman–Crippen MR) is 105 cm³/mol. The Kier molecular flexibility index (Phi) is 6.40. The normalized spacial score (nSPS) is 18.3. The molecule has 1 aromatic carbocycles. The van der Waals surface area contributed by atoms with Gasteiger partial charge in [0.1, 0.15) is 0 Å². The van der Waals surface area contributed by atoms with Gasteiger partial charge in [0.25, 0.3) is 0 Å². The number of urea groups is 1. The molecular formula is C20H17ClF3N3O3. The highest BCUT2D eigenvalue weighted by Crippen LogP contribution is 2.36. The summed E-state index contributed by atoms with van der Waals surface area (Å²) in [5.74, 6) is -1.59. The largest absolute Gasteiger partial charge is 0.418 e. The molecule has 4 amide bonds. The molecule has 10 heteroatoms. The monoisotopic (exact) mass is 439 g/mol. The van der Waals surface area contributed by atoms with Crippen molar-refractivity contribution in [1.82, 2.24) is 4.90 Å². The maximum atomic E-state index is 13.1. The highest BCUT2D eigenvalue weighted by Gasteiger charge is 2.35. The van der Waals surface area contributed by atoms with Gasteiger partial charge in [-0.3, -0.25) is 14.5 Å². The van der Waals surface area contributed by atoms with Crippen LogP contribution in [0.25, 0.3) is 0 Å². The standard InChI is InChI=1S/C20H17ClF3N3O3/c21-12-8-9-16(14(11-12)20(22,23)24)25-17(28)7-3-4-10-27-18(29)13-5-1-2-6-15(13)26-19(27)30/h1-2,5-6,8-9,11,13H,3-4,7,10H2,(H,25,28). The van der Waals surface area contributed by atoms with E-state index in [-0.39, 0.29) is 36.0 Å². The molecule has 0 saturated heterocycles. The number of unbranched alkanes of at least 4 members (excludes halogenated alkanes) is 1. The molecule has 0 spiro atoms. The number of nitrogens with zero attached hydrogens (tertiary/aromatic N) is 2. The molecule has 1 aliphatic heterocycles. The number of aliphatic imine (C=N–C) groups is 1. The Morgan fingerprint density at radius 2 is 1.97 bits per heavy atom. The van der Waals surface area contributed by atoms with E-state index in [1.54, 1.807) is 24.3 Å². The zero-order valence-corrected chi connectivity index (χ0v) is 16.3. The fourth-order valence-electron chi connectivity index (χ4n) is 3.11. The highest BCUT2D eigenvalue weighted by molar-refractivity contribution is 6.30. The summed E-state index contributed by atoms with van der Waals surface area (Å²) in [6.45, 7) is 0.0739. The number of rotatable bonds is 6. The van der Waals surface area contributed by atoms with Crippen molar-refractivity contribution in [3.63, 3.8) is 0 Å². The van der Waals surface area contributed by atoms with Gasteiger partial charge in [-0.2, -0.15) is 18.2 Å². The number of benzene rings is 1. The Bertz CT molecular complexity index is 970. The van der Waals surface area contributed by atoms with E-state index in [0.717, 1.165) is 17.0 Å².